The topological polar surface area (TPSA) is 78.6 Å². The number of hydrogen-bond donors (Lipinski definition) is 1. The second-order valence-corrected chi connectivity index (χ2v) is 5.03. The molecule has 5 nitrogen and oxygen atoms in total. The van der Waals surface area contributed by atoms with Crippen molar-refractivity contribution in [1.82, 2.24) is 0 Å². The highest BCUT2D eigenvalue weighted by Gasteiger charge is 2.25. The van der Waals surface area contributed by atoms with Gasteiger partial charge in [0, 0.05) is 10.2 Å². The molecule has 6 heteroatoms. The number of esters is 2. The molecule has 0 aliphatic rings. The van der Waals surface area contributed by atoms with Crippen molar-refractivity contribution in [2.24, 2.45) is 0 Å². The largest absolute Gasteiger partial charge is 0.463 e. The van der Waals surface area contributed by atoms with Crippen LogP contribution in [0, 0.1) is 0 Å². The van der Waals surface area contributed by atoms with Gasteiger partial charge in [0.05, 0.1) is 12.2 Å². The Hall–Kier alpha value is -1.56. The first-order valence-corrected chi connectivity index (χ1v) is 7.21. The third-order valence-corrected chi connectivity index (χ3v) is 3.25. The molecule has 0 aliphatic carbocycles. The number of hydrogen-bond acceptors (Lipinski definition) is 5. The van der Waals surface area contributed by atoms with E-state index in [4.69, 9.17) is 15.2 Å². The molecule has 0 bridgehead atoms. The smallest absolute Gasteiger partial charge is 0.347 e. The van der Waals surface area contributed by atoms with E-state index >= 15 is 0 Å². The van der Waals surface area contributed by atoms with E-state index in [0.29, 0.717) is 23.0 Å². The number of carbonyl (C=O) groups excluding carboxylic acids is 2. The number of anilines is 1. The van der Waals surface area contributed by atoms with E-state index in [-0.39, 0.29) is 12.2 Å². The molecule has 0 aromatic heterocycles. The Kier molecular flexibility index (Phi) is 6.51. The first kappa shape index (κ1) is 16.5. The van der Waals surface area contributed by atoms with E-state index in [2.05, 4.69) is 15.9 Å². The summed E-state index contributed by atoms with van der Waals surface area (Å²) in [6.45, 7) is 3.85. The van der Waals surface area contributed by atoms with Crippen molar-refractivity contribution in [2.45, 2.75) is 32.8 Å². The van der Waals surface area contributed by atoms with Crippen LogP contribution in [-0.4, -0.2) is 24.6 Å². The fraction of sp³-hybridized carbons (Fsp3) is 0.429. The minimum atomic E-state index is -0.888. The molecule has 0 spiro atoms. The summed E-state index contributed by atoms with van der Waals surface area (Å²) in [5, 5.41) is 0. The summed E-state index contributed by atoms with van der Waals surface area (Å²) in [5.74, 6) is -1.13. The molecule has 1 aromatic rings. The van der Waals surface area contributed by atoms with E-state index in [1.165, 1.54) is 6.07 Å². The van der Waals surface area contributed by atoms with Crippen LogP contribution in [0.4, 0.5) is 5.69 Å². The van der Waals surface area contributed by atoms with Crippen LogP contribution in [-0.2, 0) is 14.3 Å². The van der Waals surface area contributed by atoms with Gasteiger partial charge in [-0.05, 0) is 47.5 Å². The summed E-state index contributed by atoms with van der Waals surface area (Å²) in [6, 6.07) is 4.82. The van der Waals surface area contributed by atoms with Gasteiger partial charge >= 0.3 is 11.9 Å². The Morgan fingerprint density at radius 2 is 2.05 bits per heavy atom. The fourth-order valence-electron chi connectivity index (χ4n) is 1.61. The third kappa shape index (κ3) is 4.52. The molecule has 0 saturated carbocycles. The summed E-state index contributed by atoms with van der Waals surface area (Å²) < 4.78 is 10.7. The van der Waals surface area contributed by atoms with Crippen molar-refractivity contribution in [3.8, 4) is 0 Å². The molecule has 20 heavy (non-hydrogen) atoms. The minimum Gasteiger partial charge on any atom is -0.463 e. The van der Waals surface area contributed by atoms with E-state index in [9.17, 15) is 9.59 Å². The van der Waals surface area contributed by atoms with Crippen molar-refractivity contribution >= 4 is 33.6 Å². The maximum absolute atomic E-state index is 12.1. The fourth-order valence-corrected chi connectivity index (χ4v) is 2.02. The molecule has 110 valence electrons. The number of halogens is 1. The summed E-state index contributed by atoms with van der Waals surface area (Å²) in [7, 11) is 0. The summed E-state index contributed by atoms with van der Waals surface area (Å²) >= 11 is 3.26. The average molecular weight is 344 g/mol. The summed E-state index contributed by atoms with van der Waals surface area (Å²) in [6.07, 6.45) is 0.236. The number of nitrogen functional groups attached to an aromatic ring is 1. The van der Waals surface area contributed by atoms with Crippen LogP contribution in [0.15, 0.2) is 22.7 Å². The van der Waals surface area contributed by atoms with Gasteiger partial charge in [-0.25, -0.2) is 9.59 Å². The monoisotopic (exact) mass is 343 g/mol. The highest BCUT2D eigenvalue weighted by atomic mass is 79.9. The SMILES string of the molecule is CCCC(OC(=O)c1cc(N)ccc1Br)C(=O)OCC. The summed E-state index contributed by atoms with van der Waals surface area (Å²) in [5.41, 5.74) is 6.38. The van der Waals surface area contributed by atoms with Crippen LogP contribution in [0.3, 0.4) is 0 Å². The van der Waals surface area contributed by atoms with E-state index in [1.54, 1.807) is 19.1 Å². The zero-order valence-corrected chi connectivity index (χ0v) is 13.1. The second kappa shape index (κ2) is 7.89. The number of carbonyl (C=O) groups is 2. The number of rotatable bonds is 6. The zero-order chi connectivity index (χ0) is 15.1. The lowest BCUT2D eigenvalue weighted by molar-refractivity contribution is -0.153. The highest BCUT2D eigenvalue weighted by Crippen LogP contribution is 2.21. The van der Waals surface area contributed by atoms with Gasteiger partial charge in [0.1, 0.15) is 0 Å². The average Bonchev–Trinajstić information content (AvgIpc) is 2.41. The number of ether oxygens (including phenoxy) is 2. The molecule has 0 amide bonds. The maximum atomic E-state index is 12.1. The van der Waals surface area contributed by atoms with E-state index < -0.39 is 18.0 Å². The molecule has 0 radical (unpaired) electrons. The Morgan fingerprint density at radius 1 is 1.35 bits per heavy atom. The molecule has 0 aliphatic heterocycles. The lowest BCUT2D eigenvalue weighted by atomic mass is 10.2. The molecule has 0 heterocycles. The quantitative estimate of drug-likeness (QED) is 0.634. The second-order valence-electron chi connectivity index (χ2n) is 4.17. The van der Waals surface area contributed by atoms with Gasteiger partial charge in [-0.1, -0.05) is 13.3 Å². The Morgan fingerprint density at radius 3 is 2.65 bits per heavy atom. The third-order valence-electron chi connectivity index (χ3n) is 2.56. The predicted octanol–water partition coefficient (Wildman–Crippen LogP) is 2.92. The maximum Gasteiger partial charge on any atom is 0.347 e. The van der Waals surface area contributed by atoms with Gasteiger partial charge in [-0.2, -0.15) is 0 Å². The van der Waals surface area contributed by atoms with Crippen LogP contribution in [0.5, 0.6) is 0 Å². The van der Waals surface area contributed by atoms with Gasteiger partial charge in [0.25, 0.3) is 0 Å². The molecular formula is C14H18BrNO4. The van der Waals surface area contributed by atoms with Crippen molar-refractivity contribution < 1.29 is 19.1 Å². The first-order chi connectivity index (χ1) is 9.49. The first-order valence-electron chi connectivity index (χ1n) is 6.42. The normalized spacial score (nSPS) is 11.8. The number of benzene rings is 1. The molecule has 2 N–H and O–H groups in total. The van der Waals surface area contributed by atoms with Crippen molar-refractivity contribution in [2.75, 3.05) is 12.3 Å². The van der Waals surface area contributed by atoms with Crippen LogP contribution < -0.4 is 5.73 Å². The zero-order valence-electron chi connectivity index (χ0n) is 11.5. The summed E-state index contributed by atoms with van der Waals surface area (Å²) in [4.78, 5) is 23.8. The van der Waals surface area contributed by atoms with Crippen molar-refractivity contribution in [3.63, 3.8) is 0 Å². The van der Waals surface area contributed by atoms with Crippen molar-refractivity contribution in [1.29, 1.82) is 0 Å². The van der Waals surface area contributed by atoms with E-state index in [1.807, 2.05) is 6.92 Å². The standard InChI is InChI=1S/C14H18BrNO4/c1-3-5-12(14(18)19-4-2)20-13(17)10-8-9(16)6-7-11(10)15/h6-8,12H,3-5,16H2,1-2H3. The van der Waals surface area contributed by atoms with Crippen LogP contribution in [0.1, 0.15) is 37.0 Å². The highest BCUT2D eigenvalue weighted by molar-refractivity contribution is 9.10. The Balaban J connectivity index is 2.84. The molecular weight excluding hydrogens is 326 g/mol. The van der Waals surface area contributed by atoms with Gasteiger partial charge < -0.3 is 15.2 Å². The van der Waals surface area contributed by atoms with Crippen molar-refractivity contribution in [3.05, 3.63) is 28.2 Å². The predicted molar refractivity (Wildman–Crippen MR) is 79.3 cm³/mol. The van der Waals surface area contributed by atoms with Crippen LogP contribution in [0.2, 0.25) is 0 Å². The lowest BCUT2D eigenvalue weighted by Gasteiger charge is -2.16. The molecule has 1 aromatic carbocycles. The number of nitrogens with two attached hydrogens (primary N) is 1. The molecule has 1 rings (SSSR count). The Bertz CT molecular complexity index is 490. The Labute approximate surface area is 126 Å². The van der Waals surface area contributed by atoms with Gasteiger partial charge in [0.15, 0.2) is 6.10 Å². The molecule has 1 atom stereocenters. The van der Waals surface area contributed by atoms with E-state index in [0.717, 1.165) is 0 Å². The van der Waals surface area contributed by atoms with Gasteiger partial charge in [-0.15, -0.1) is 0 Å². The lowest BCUT2D eigenvalue weighted by Crippen LogP contribution is -2.29. The van der Waals surface area contributed by atoms with Crippen LogP contribution in [0.25, 0.3) is 0 Å². The minimum absolute atomic E-state index is 0.249. The molecule has 1 unspecified atom stereocenters. The molecule has 0 fully saturated rings. The van der Waals surface area contributed by atoms with Crippen LogP contribution >= 0.6 is 15.9 Å². The van der Waals surface area contributed by atoms with Gasteiger partial charge in [0.2, 0.25) is 0 Å². The van der Waals surface area contributed by atoms with Gasteiger partial charge in [-0.3, -0.25) is 0 Å². The molecule has 0 saturated heterocycles.